The van der Waals surface area contributed by atoms with Gasteiger partial charge in [0.05, 0.1) is 6.61 Å². The van der Waals surface area contributed by atoms with Crippen molar-refractivity contribution >= 4 is 17.6 Å². The molecule has 0 radical (unpaired) electrons. The van der Waals surface area contributed by atoms with Crippen LogP contribution in [0.5, 0.6) is 0 Å². The third kappa shape index (κ3) is 5.84. The van der Waals surface area contributed by atoms with Crippen LogP contribution in [0.2, 0.25) is 0 Å². The summed E-state index contributed by atoms with van der Waals surface area (Å²) in [6, 6.07) is 9.03. The normalized spacial score (nSPS) is 10.3. The van der Waals surface area contributed by atoms with Crippen molar-refractivity contribution in [1.82, 2.24) is 0 Å². The molecule has 0 aliphatic rings. The maximum Gasteiger partial charge on any atom is 0.330 e. The lowest BCUT2D eigenvalue weighted by Crippen LogP contribution is -2.09. The molecule has 1 rings (SSSR count). The first-order valence-electron chi connectivity index (χ1n) is 5.93. The summed E-state index contributed by atoms with van der Waals surface area (Å²) in [5, 5.41) is 2.63. The van der Waals surface area contributed by atoms with E-state index in [1.807, 2.05) is 25.1 Å². The molecule has 0 saturated carbocycles. The lowest BCUT2D eigenvalue weighted by Gasteiger charge is -2.01. The van der Waals surface area contributed by atoms with E-state index >= 15 is 0 Å². The molecule has 1 N–H and O–H groups in total. The number of nitrogens with one attached hydrogen (secondary N) is 1. The number of para-hydroxylation sites is 1. The van der Waals surface area contributed by atoms with Crippen molar-refractivity contribution in [2.45, 2.75) is 19.8 Å². The molecule has 0 heterocycles. The Morgan fingerprint density at radius 1 is 1.22 bits per heavy atom. The number of carbonyl (C=O) groups excluding carboxylic acids is 2. The maximum absolute atomic E-state index is 11.4. The molecule has 0 unspecified atom stereocenters. The van der Waals surface area contributed by atoms with Crippen molar-refractivity contribution in [3.63, 3.8) is 0 Å². The highest BCUT2D eigenvalue weighted by Gasteiger charge is 2.00. The zero-order valence-electron chi connectivity index (χ0n) is 10.4. The van der Waals surface area contributed by atoms with Crippen LogP contribution in [0.4, 0.5) is 5.69 Å². The van der Waals surface area contributed by atoms with E-state index in [0.717, 1.165) is 18.9 Å². The number of anilines is 1. The first kappa shape index (κ1) is 14.0. The van der Waals surface area contributed by atoms with Crippen molar-refractivity contribution in [2.24, 2.45) is 0 Å². The topological polar surface area (TPSA) is 55.4 Å². The Hall–Kier alpha value is -2.10. The monoisotopic (exact) mass is 247 g/mol. The second-order valence-corrected chi connectivity index (χ2v) is 3.71. The van der Waals surface area contributed by atoms with E-state index in [1.54, 1.807) is 12.1 Å². The van der Waals surface area contributed by atoms with Crippen LogP contribution in [0.25, 0.3) is 0 Å². The lowest BCUT2D eigenvalue weighted by molar-refractivity contribution is -0.138. The fraction of sp³-hybridized carbons (Fsp3) is 0.286. The van der Waals surface area contributed by atoms with Crippen LogP contribution >= 0.6 is 0 Å². The number of ether oxygens (including phenoxy) is 1. The van der Waals surface area contributed by atoms with E-state index in [9.17, 15) is 9.59 Å². The SMILES string of the molecule is CCCCOC(=O)C=CC(=O)Nc1ccccc1. The van der Waals surface area contributed by atoms with Gasteiger partial charge in [-0.2, -0.15) is 0 Å². The highest BCUT2D eigenvalue weighted by Crippen LogP contribution is 2.04. The van der Waals surface area contributed by atoms with Crippen molar-refractivity contribution in [2.75, 3.05) is 11.9 Å². The van der Waals surface area contributed by atoms with Crippen LogP contribution in [0.1, 0.15) is 19.8 Å². The van der Waals surface area contributed by atoms with Gasteiger partial charge in [0.25, 0.3) is 0 Å². The zero-order chi connectivity index (χ0) is 13.2. The lowest BCUT2D eigenvalue weighted by atomic mass is 10.3. The minimum atomic E-state index is -0.494. The van der Waals surface area contributed by atoms with Crippen LogP contribution in [0.15, 0.2) is 42.5 Å². The smallest absolute Gasteiger partial charge is 0.330 e. The van der Waals surface area contributed by atoms with Gasteiger partial charge in [0.1, 0.15) is 0 Å². The van der Waals surface area contributed by atoms with E-state index in [1.165, 1.54) is 6.08 Å². The van der Waals surface area contributed by atoms with Crippen LogP contribution < -0.4 is 5.32 Å². The van der Waals surface area contributed by atoms with Crippen molar-refractivity contribution < 1.29 is 14.3 Å². The summed E-state index contributed by atoms with van der Waals surface area (Å²) in [7, 11) is 0. The Morgan fingerprint density at radius 2 is 1.94 bits per heavy atom. The van der Waals surface area contributed by atoms with E-state index in [-0.39, 0.29) is 5.91 Å². The highest BCUT2D eigenvalue weighted by molar-refractivity contribution is 6.02. The van der Waals surface area contributed by atoms with Gasteiger partial charge in [0, 0.05) is 17.8 Å². The molecule has 0 saturated heterocycles. The number of hydrogen-bond donors (Lipinski definition) is 1. The first-order valence-corrected chi connectivity index (χ1v) is 5.93. The van der Waals surface area contributed by atoms with Crippen LogP contribution in [0.3, 0.4) is 0 Å². The average molecular weight is 247 g/mol. The molecule has 1 aromatic carbocycles. The Morgan fingerprint density at radius 3 is 2.61 bits per heavy atom. The Balaban J connectivity index is 2.33. The van der Waals surface area contributed by atoms with Crippen LogP contribution in [-0.2, 0) is 14.3 Å². The van der Waals surface area contributed by atoms with Gasteiger partial charge in [-0.15, -0.1) is 0 Å². The van der Waals surface area contributed by atoms with Crippen LogP contribution in [0, 0.1) is 0 Å². The molecule has 0 aliphatic carbocycles. The predicted molar refractivity (Wildman–Crippen MR) is 70.1 cm³/mol. The van der Waals surface area contributed by atoms with Gasteiger partial charge in [-0.05, 0) is 18.6 Å². The largest absolute Gasteiger partial charge is 0.463 e. The maximum atomic E-state index is 11.4. The van der Waals surface area contributed by atoms with Gasteiger partial charge in [-0.1, -0.05) is 31.5 Å². The quantitative estimate of drug-likeness (QED) is 0.477. The molecule has 0 atom stereocenters. The molecule has 0 fully saturated rings. The minimum Gasteiger partial charge on any atom is -0.463 e. The molecule has 4 nitrogen and oxygen atoms in total. The average Bonchev–Trinajstić information content (AvgIpc) is 2.38. The molecule has 18 heavy (non-hydrogen) atoms. The number of rotatable bonds is 6. The number of hydrogen-bond acceptors (Lipinski definition) is 3. The van der Waals surface area contributed by atoms with Crippen LogP contribution in [-0.4, -0.2) is 18.5 Å². The number of esters is 1. The Bertz CT molecular complexity index is 412. The standard InChI is InChI=1S/C14H17NO3/c1-2-3-11-18-14(17)10-9-13(16)15-12-7-5-4-6-8-12/h4-10H,2-3,11H2,1H3,(H,15,16). The molecule has 96 valence electrons. The van der Waals surface area contributed by atoms with Crippen molar-refractivity contribution in [1.29, 1.82) is 0 Å². The molecule has 0 aliphatic heterocycles. The summed E-state index contributed by atoms with van der Waals surface area (Å²) >= 11 is 0. The molecule has 0 aromatic heterocycles. The molecular weight excluding hydrogens is 230 g/mol. The van der Waals surface area contributed by atoms with Gasteiger partial charge in [-0.3, -0.25) is 4.79 Å². The van der Waals surface area contributed by atoms with Gasteiger partial charge < -0.3 is 10.1 Å². The Labute approximate surface area is 107 Å². The number of benzene rings is 1. The van der Waals surface area contributed by atoms with E-state index in [0.29, 0.717) is 12.3 Å². The summed E-state index contributed by atoms with van der Waals surface area (Å²) in [6.07, 6.45) is 4.09. The fourth-order valence-corrected chi connectivity index (χ4v) is 1.21. The first-order chi connectivity index (χ1) is 8.72. The van der Waals surface area contributed by atoms with Crippen molar-refractivity contribution in [3.05, 3.63) is 42.5 Å². The second kappa shape index (κ2) is 8.06. The number of carbonyl (C=O) groups is 2. The highest BCUT2D eigenvalue weighted by atomic mass is 16.5. The van der Waals surface area contributed by atoms with E-state index < -0.39 is 5.97 Å². The molecule has 1 amide bonds. The summed E-state index contributed by atoms with van der Waals surface area (Å²) in [6.45, 7) is 2.40. The predicted octanol–water partition coefficient (Wildman–Crippen LogP) is 2.52. The third-order valence-corrected chi connectivity index (χ3v) is 2.15. The molecule has 0 spiro atoms. The third-order valence-electron chi connectivity index (χ3n) is 2.15. The number of unbranched alkanes of at least 4 members (excludes halogenated alkanes) is 1. The van der Waals surface area contributed by atoms with Gasteiger partial charge in [-0.25, -0.2) is 4.79 Å². The van der Waals surface area contributed by atoms with Gasteiger partial charge >= 0.3 is 5.97 Å². The minimum absolute atomic E-state index is 0.353. The fourth-order valence-electron chi connectivity index (χ4n) is 1.21. The molecule has 1 aromatic rings. The van der Waals surface area contributed by atoms with Crippen molar-refractivity contribution in [3.8, 4) is 0 Å². The summed E-state index contributed by atoms with van der Waals surface area (Å²) < 4.78 is 4.88. The molecule has 0 bridgehead atoms. The molecular formula is C14H17NO3. The second-order valence-electron chi connectivity index (χ2n) is 3.71. The number of amides is 1. The van der Waals surface area contributed by atoms with E-state index in [4.69, 9.17) is 4.74 Å². The Kier molecular flexibility index (Phi) is 6.25. The van der Waals surface area contributed by atoms with Gasteiger partial charge in [0.15, 0.2) is 0 Å². The van der Waals surface area contributed by atoms with Gasteiger partial charge in [0.2, 0.25) is 5.91 Å². The summed E-state index contributed by atoms with van der Waals surface area (Å²) in [5.74, 6) is -0.847. The summed E-state index contributed by atoms with van der Waals surface area (Å²) in [4.78, 5) is 22.6. The van der Waals surface area contributed by atoms with E-state index in [2.05, 4.69) is 5.32 Å². The zero-order valence-corrected chi connectivity index (χ0v) is 10.4. The molecule has 4 heteroatoms. The summed E-state index contributed by atoms with van der Waals surface area (Å²) in [5.41, 5.74) is 0.687.